The van der Waals surface area contributed by atoms with Crippen molar-refractivity contribution in [2.75, 3.05) is 12.3 Å². The van der Waals surface area contributed by atoms with Crippen molar-refractivity contribution in [3.05, 3.63) is 24.3 Å². The Labute approximate surface area is 140 Å². The summed E-state index contributed by atoms with van der Waals surface area (Å²) in [6.45, 7) is 6.29. The predicted molar refractivity (Wildman–Crippen MR) is 88.3 cm³/mol. The number of alkyl carbamates (subject to hydrolysis) is 1. The van der Waals surface area contributed by atoms with Crippen LogP contribution in [0.3, 0.4) is 0 Å². The van der Waals surface area contributed by atoms with Crippen molar-refractivity contribution in [1.82, 2.24) is 10.6 Å². The molecular weight excluding hydrogens is 314 g/mol. The van der Waals surface area contributed by atoms with E-state index in [1.54, 1.807) is 45.0 Å². The third kappa shape index (κ3) is 7.48. The average molecular weight is 337 g/mol. The number of anilines is 1. The molecule has 0 saturated carbocycles. The number of nitrogen functional groups attached to an aromatic ring is 1. The van der Waals surface area contributed by atoms with Crippen LogP contribution in [0.25, 0.3) is 0 Å². The second kappa shape index (κ2) is 8.19. The first-order valence-corrected chi connectivity index (χ1v) is 7.40. The highest BCUT2D eigenvalue weighted by atomic mass is 16.6. The quantitative estimate of drug-likeness (QED) is 0.422. The van der Waals surface area contributed by atoms with Gasteiger partial charge in [0, 0.05) is 5.69 Å². The number of nitrogens with two attached hydrogens (primary N) is 1. The van der Waals surface area contributed by atoms with Crippen molar-refractivity contribution >= 4 is 23.7 Å². The van der Waals surface area contributed by atoms with Crippen LogP contribution in [0.5, 0.6) is 5.75 Å². The molecule has 0 unspecified atom stereocenters. The Kier molecular flexibility index (Phi) is 6.58. The van der Waals surface area contributed by atoms with Crippen LogP contribution >= 0.6 is 0 Å². The van der Waals surface area contributed by atoms with E-state index in [1.165, 1.54) is 6.92 Å². The molecule has 0 fully saturated rings. The van der Waals surface area contributed by atoms with E-state index in [4.69, 9.17) is 15.2 Å². The number of benzene rings is 1. The Bertz CT molecular complexity index is 593. The lowest BCUT2D eigenvalue weighted by Gasteiger charge is -2.21. The molecule has 132 valence electrons. The van der Waals surface area contributed by atoms with Gasteiger partial charge >= 0.3 is 12.1 Å². The normalized spacial score (nSPS) is 12.0. The summed E-state index contributed by atoms with van der Waals surface area (Å²) in [6, 6.07) is 5.41. The van der Waals surface area contributed by atoms with E-state index in [9.17, 15) is 14.4 Å². The smallest absolute Gasteiger partial charge is 0.408 e. The van der Waals surface area contributed by atoms with Crippen LogP contribution in [-0.2, 0) is 14.3 Å². The molecule has 8 heteroatoms. The van der Waals surface area contributed by atoms with Gasteiger partial charge in [-0.3, -0.25) is 4.79 Å². The van der Waals surface area contributed by atoms with Gasteiger partial charge in [-0.2, -0.15) is 0 Å². The van der Waals surface area contributed by atoms with Gasteiger partial charge in [0.15, 0.2) is 0 Å². The zero-order valence-corrected chi connectivity index (χ0v) is 14.2. The fourth-order valence-electron chi connectivity index (χ4n) is 1.57. The second-order valence-corrected chi connectivity index (χ2v) is 6.13. The molecule has 0 aromatic heterocycles. The Morgan fingerprint density at radius 2 is 1.75 bits per heavy atom. The van der Waals surface area contributed by atoms with Gasteiger partial charge in [-0.15, -0.1) is 0 Å². The first kappa shape index (κ1) is 19.3. The fourth-order valence-corrected chi connectivity index (χ4v) is 1.57. The summed E-state index contributed by atoms with van der Waals surface area (Å²) >= 11 is 0. The summed E-state index contributed by atoms with van der Waals surface area (Å²) in [5.41, 5.74) is 5.41. The first-order chi connectivity index (χ1) is 11.1. The lowest BCUT2D eigenvalue weighted by Crippen LogP contribution is -2.47. The molecule has 2 amide bonds. The van der Waals surface area contributed by atoms with E-state index in [2.05, 4.69) is 10.6 Å². The fraction of sp³-hybridized carbons (Fsp3) is 0.438. The van der Waals surface area contributed by atoms with Gasteiger partial charge < -0.3 is 25.8 Å². The molecule has 0 aliphatic heterocycles. The second-order valence-electron chi connectivity index (χ2n) is 6.13. The minimum absolute atomic E-state index is 0.323. The maximum atomic E-state index is 11.8. The van der Waals surface area contributed by atoms with Crippen molar-refractivity contribution in [2.24, 2.45) is 0 Å². The maximum absolute atomic E-state index is 11.8. The number of carbonyl (C=O) groups excluding carboxylic acids is 3. The molecule has 0 radical (unpaired) electrons. The van der Waals surface area contributed by atoms with Gasteiger partial charge in [0.2, 0.25) is 5.91 Å². The van der Waals surface area contributed by atoms with Crippen LogP contribution in [-0.4, -0.2) is 36.2 Å². The largest absolute Gasteiger partial charge is 0.444 e. The Hall–Kier alpha value is -2.77. The van der Waals surface area contributed by atoms with E-state index in [0.29, 0.717) is 11.4 Å². The molecule has 0 aliphatic rings. The van der Waals surface area contributed by atoms with Gasteiger partial charge in [-0.1, -0.05) is 0 Å². The SMILES string of the molecule is C[C@@H](NC(=O)OC(C)(C)C)C(=O)NCC(=O)Oc1ccc(N)cc1. The molecule has 0 bridgehead atoms. The standard InChI is InChI=1S/C16H23N3O5/c1-10(19-15(22)24-16(2,3)4)14(21)18-9-13(20)23-12-7-5-11(17)6-8-12/h5-8,10H,9,17H2,1-4H3,(H,18,21)(H,19,22)/t10-/m1/s1. The molecule has 1 rings (SSSR count). The number of amides is 2. The van der Waals surface area contributed by atoms with E-state index in [-0.39, 0.29) is 6.54 Å². The van der Waals surface area contributed by atoms with E-state index >= 15 is 0 Å². The molecule has 0 aliphatic carbocycles. The van der Waals surface area contributed by atoms with Crippen LogP contribution < -0.4 is 21.1 Å². The van der Waals surface area contributed by atoms with Crippen LogP contribution in [0.2, 0.25) is 0 Å². The molecule has 0 heterocycles. The summed E-state index contributed by atoms with van der Waals surface area (Å²) in [6.07, 6.45) is -0.713. The monoisotopic (exact) mass is 337 g/mol. The van der Waals surface area contributed by atoms with Crippen molar-refractivity contribution in [3.8, 4) is 5.75 Å². The van der Waals surface area contributed by atoms with Crippen LogP contribution in [0.1, 0.15) is 27.7 Å². The molecule has 4 N–H and O–H groups in total. The molecule has 24 heavy (non-hydrogen) atoms. The number of ether oxygens (including phenoxy) is 2. The van der Waals surface area contributed by atoms with Crippen molar-refractivity contribution in [1.29, 1.82) is 0 Å². The van der Waals surface area contributed by atoms with E-state index < -0.39 is 29.6 Å². The average Bonchev–Trinajstić information content (AvgIpc) is 2.45. The topological polar surface area (TPSA) is 120 Å². The minimum atomic E-state index is -0.857. The Morgan fingerprint density at radius 1 is 1.17 bits per heavy atom. The van der Waals surface area contributed by atoms with E-state index in [0.717, 1.165) is 0 Å². The number of esters is 1. The van der Waals surface area contributed by atoms with Gasteiger partial charge in [0.1, 0.15) is 23.9 Å². The summed E-state index contributed by atoms with van der Waals surface area (Å²) < 4.78 is 10.1. The number of carbonyl (C=O) groups is 3. The third-order valence-corrected chi connectivity index (χ3v) is 2.65. The van der Waals surface area contributed by atoms with Crippen LogP contribution in [0.15, 0.2) is 24.3 Å². The molecule has 1 aromatic rings. The Morgan fingerprint density at radius 3 is 2.29 bits per heavy atom. The molecule has 0 spiro atoms. The molecule has 8 nitrogen and oxygen atoms in total. The van der Waals surface area contributed by atoms with Gasteiger partial charge in [-0.25, -0.2) is 9.59 Å². The van der Waals surface area contributed by atoms with Crippen molar-refractivity contribution in [2.45, 2.75) is 39.3 Å². The Balaban J connectivity index is 2.37. The van der Waals surface area contributed by atoms with Crippen LogP contribution in [0.4, 0.5) is 10.5 Å². The molecule has 1 aromatic carbocycles. The predicted octanol–water partition coefficient (Wildman–Crippen LogP) is 1.20. The highest BCUT2D eigenvalue weighted by molar-refractivity contribution is 5.88. The summed E-state index contributed by atoms with van der Waals surface area (Å²) in [5, 5.41) is 4.75. The minimum Gasteiger partial charge on any atom is -0.444 e. The third-order valence-electron chi connectivity index (χ3n) is 2.65. The van der Waals surface area contributed by atoms with Crippen molar-refractivity contribution < 1.29 is 23.9 Å². The van der Waals surface area contributed by atoms with E-state index in [1.807, 2.05) is 0 Å². The van der Waals surface area contributed by atoms with Crippen LogP contribution in [0, 0.1) is 0 Å². The summed E-state index contributed by atoms with van der Waals surface area (Å²) in [5.74, 6) is -0.851. The maximum Gasteiger partial charge on any atom is 0.408 e. The van der Waals surface area contributed by atoms with Gasteiger partial charge in [0.05, 0.1) is 0 Å². The molecule has 0 saturated heterocycles. The lowest BCUT2D eigenvalue weighted by atomic mass is 10.2. The number of hydrogen-bond donors (Lipinski definition) is 3. The first-order valence-electron chi connectivity index (χ1n) is 7.40. The molecular formula is C16H23N3O5. The number of nitrogens with one attached hydrogen (secondary N) is 2. The zero-order chi connectivity index (χ0) is 18.3. The summed E-state index contributed by atoms with van der Waals surface area (Å²) in [7, 11) is 0. The van der Waals surface area contributed by atoms with Crippen molar-refractivity contribution in [3.63, 3.8) is 0 Å². The lowest BCUT2D eigenvalue weighted by molar-refractivity contribution is -0.135. The molecule has 1 atom stereocenters. The number of rotatable bonds is 5. The highest BCUT2D eigenvalue weighted by Crippen LogP contribution is 2.13. The highest BCUT2D eigenvalue weighted by Gasteiger charge is 2.21. The summed E-state index contributed by atoms with van der Waals surface area (Å²) in [4.78, 5) is 35.1. The van der Waals surface area contributed by atoms with Gasteiger partial charge in [-0.05, 0) is 52.0 Å². The number of hydrogen-bond acceptors (Lipinski definition) is 6. The zero-order valence-electron chi connectivity index (χ0n) is 14.2. The van der Waals surface area contributed by atoms with Gasteiger partial charge in [0.25, 0.3) is 0 Å².